The van der Waals surface area contributed by atoms with Crippen LogP contribution in [0.15, 0.2) is 89.7 Å². The largest absolute Gasteiger partial charge is 0.427 e. The first-order valence-corrected chi connectivity index (χ1v) is 11.3. The fraction of sp³-hybridized carbons (Fsp3) is 0.107. The smallest absolute Gasteiger partial charge is 0.308 e. The van der Waals surface area contributed by atoms with Gasteiger partial charge < -0.3 is 15.8 Å². The molecule has 4 rings (SSSR count). The number of ketones is 1. The number of anilines is 2. The van der Waals surface area contributed by atoms with Crippen molar-refractivity contribution in [2.75, 3.05) is 17.6 Å². The molecule has 3 N–H and O–H groups in total. The predicted octanol–water partition coefficient (Wildman–Crippen LogP) is 4.37. The molecule has 182 valence electrons. The summed E-state index contributed by atoms with van der Waals surface area (Å²) >= 11 is 0. The highest BCUT2D eigenvalue weighted by atomic mass is 19.1. The molecule has 0 amide bonds. The Morgan fingerprint density at radius 1 is 0.917 bits per heavy atom. The molecule has 8 heteroatoms. The molecule has 0 saturated heterocycles. The quantitative estimate of drug-likeness (QED) is 0.218. The van der Waals surface area contributed by atoms with E-state index in [-0.39, 0.29) is 28.5 Å². The number of esters is 1. The zero-order chi connectivity index (χ0) is 25.7. The fourth-order valence-corrected chi connectivity index (χ4v) is 3.74. The van der Waals surface area contributed by atoms with Crippen LogP contribution in [0, 0.1) is 5.82 Å². The summed E-state index contributed by atoms with van der Waals surface area (Å²) in [6.45, 7) is 2.02. The van der Waals surface area contributed by atoms with E-state index in [0.717, 1.165) is 17.7 Å². The first-order valence-electron chi connectivity index (χ1n) is 11.3. The lowest BCUT2D eigenvalue weighted by Crippen LogP contribution is -2.23. The van der Waals surface area contributed by atoms with Gasteiger partial charge in [-0.1, -0.05) is 12.1 Å². The second kappa shape index (κ2) is 10.7. The molecule has 0 spiro atoms. The van der Waals surface area contributed by atoms with E-state index in [4.69, 9.17) is 10.5 Å². The van der Waals surface area contributed by atoms with Gasteiger partial charge in [0.05, 0.1) is 11.3 Å². The Kier molecular flexibility index (Phi) is 7.25. The lowest BCUT2D eigenvalue weighted by atomic mass is 10.0. The van der Waals surface area contributed by atoms with E-state index in [1.54, 1.807) is 24.3 Å². The minimum absolute atomic E-state index is 0.0171. The Labute approximate surface area is 207 Å². The molecule has 4 aromatic rings. The minimum Gasteiger partial charge on any atom is -0.427 e. The number of nitrogens with two attached hydrogens (primary N) is 1. The summed E-state index contributed by atoms with van der Waals surface area (Å²) in [5.74, 6) is -0.707. The summed E-state index contributed by atoms with van der Waals surface area (Å²) in [7, 11) is 0. The van der Waals surface area contributed by atoms with Crippen molar-refractivity contribution in [3.05, 3.63) is 118 Å². The van der Waals surface area contributed by atoms with E-state index in [9.17, 15) is 18.8 Å². The van der Waals surface area contributed by atoms with Crippen LogP contribution in [0.1, 0.15) is 28.4 Å². The average Bonchev–Trinajstić information content (AvgIpc) is 2.86. The standard InChI is InChI=1S/C28H24FN3O4/c1-18(33)36-24-12-8-22(9-13-24)31-17-16-19-2-10-23(11-3-19)32-26(34)15-14-25(28(32)30)27(35)20-4-6-21(29)7-5-20/h2-15,31H,16-17,30H2,1H3. The van der Waals surface area contributed by atoms with Crippen molar-refractivity contribution >= 4 is 23.3 Å². The molecule has 0 aliphatic carbocycles. The molecule has 0 unspecified atom stereocenters. The molecule has 0 atom stereocenters. The van der Waals surface area contributed by atoms with Crippen LogP contribution in [0.25, 0.3) is 5.69 Å². The number of nitrogens with one attached hydrogen (secondary N) is 1. The number of carbonyl (C=O) groups excluding carboxylic acids is 2. The van der Waals surface area contributed by atoms with Gasteiger partial charge in [0.1, 0.15) is 17.4 Å². The Morgan fingerprint density at radius 3 is 2.22 bits per heavy atom. The van der Waals surface area contributed by atoms with E-state index in [1.165, 1.54) is 47.9 Å². The van der Waals surface area contributed by atoms with Crippen LogP contribution in [-0.4, -0.2) is 22.9 Å². The summed E-state index contributed by atoms with van der Waals surface area (Å²) in [5, 5.41) is 3.30. The zero-order valence-corrected chi connectivity index (χ0v) is 19.5. The van der Waals surface area contributed by atoms with Crippen LogP contribution in [0.5, 0.6) is 5.75 Å². The number of carbonyl (C=O) groups is 2. The van der Waals surface area contributed by atoms with Gasteiger partial charge in [-0.3, -0.25) is 19.0 Å². The number of pyridine rings is 1. The van der Waals surface area contributed by atoms with E-state index < -0.39 is 11.6 Å². The van der Waals surface area contributed by atoms with Crippen LogP contribution < -0.4 is 21.3 Å². The number of nitrogens with zero attached hydrogens (tertiary/aromatic N) is 1. The summed E-state index contributed by atoms with van der Waals surface area (Å²) in [4.78, 5) is 36.5. The highest BCUT2D eigenvalue weighted by molar-refractivity contribution is 6.11. The second-order valence-corrected chi connectivity index (χ2v) is 8.10. The number of ether oxygens (including phenoxy) is 1. The monoisotopic (exact) mass is 485 g/mol. The van der Waals surface area contributed by atoms with Crippen molar-refractivity contribution in [3.8, 4) is 11.4 Å². The first kappa shape index (κ1) is 24.4. The molecule has 0 aliphatic heterocycles. The third-order valence-electron chi connectivity index (χ3n) is 5.53. The molecular weight excluding hydrogens is 461 g/mol. The fourth-order valence-electron chi connectivity index (χ4n) is 3.74. The molecule has 3 aromatic carbocycles. The Balaban J connectivity index is 1.45. The van der Waals surface area contributed by atoms with Crippen molar-refractivity contribution in [1.29, 1.82) is 0 Å². The van der Waals surface area contributed by atoms with Crippen LogP contribution in [0.4, 0.5) is 15.9 Å². The zero-order valence-electron chi connectivity index (χ0n) is 19.5. The maximum absolute atomic E-state index is 13.2. The number of hydrogen-bond acceptors (Lipinski definition) is 6. The Bertz CT molecular complexity index is 1440. The summed E-state index contributed by atoms with van der Waals surface area (Å²) < 4.78 is 19.5. The first-order chi connectivity index (χ1) is 17.3. The Hall–Kier alpha value is -4.72. The van der Waals surface area contributed by atoms with Gasteiger partial charge in [0.2, 0.25) is 0 Å². The van der Waals surface area contributed by atoms with Crippen LogP contribution >= 0.6 is 0 Å². The van der Waals surface area contributed by atoms with Gasteiger partial charge in [-0.15, -0.1) is 0 Å². The van der Waals surface area contributed by atoms with Gasteiger partial charge in [0.15, 0.2) is 5.78 Å². The summed E-state index contributed by atoms with van der Waals surface area (Å²) in [5.41, 5.74) is 8.76. The number of halogens is 1. The number of nitrogen functional groups attached to an aromatic ring is 1. The summed E-state index contributed by atoms with van der Waals surface area (Å²) in [6.07, 6.45) is 0.722. The predicted molar refractivity (Wildman–Crippen MR) is 136 cm³/mol. The highest BCUT2D eigenvalue weighted by Gasteiger charge is 2.17. The molecule has 0 saturated carbocycles. The molecule has 1 heterocycles. The molecule has 36 heavy (non-hydrogen) atoms. The van der Waals surface area contributed by atoms with Crippen molar-refractivity contribution in [2.24, 2.45) is 0 Å². The third-order valence-corrected chi connectivity index (χ3v) is 5.53. The molecular formula is C28H24FN3O4. The molecule has 7 nitrogen and oxygen atoms in total. The van der Waals surface area contributed by atoms with E-state index in [1.807, 2.05) is 24.3 Å². The average molecular weight is 486 g/mol. The molecule has 0 radical (unpaired) electrons. The Morgan fingerprint density at radius 2 is 1.58 bits per heavy atom. The second-order valence-electron chi connectivity index (χ2n) is 8.10. The number of benzene rings is 3. The van der Waals surface area contributed by atoms with E-state index in [0.29, 0.717) is 18.0 Å². The molecule has 1 aromatic heterocycles. The molecule has 0 bridgehead atoms. The minimum atomic E-state index is -0.447. The van der Waals surface area contributed by atoms with E-state index >= 15 is 0 Å². The van der Waals surface area contributed by atoms with E-state index in [2.05, 4.69) is 5.32 Å². The highest BCUT2D eigenvalue weighted by Crippen LogP contribution is 2.20. The van der Waals surface area contributed by atoms with Crippen molar-refractivity contribution < 1.29 is 18.7 Å². The van der Waals surface area contributed by atoms with Crippen LogP contribution in [-0.2, 0) is 11.2 Å². The number of hydrogen-bond donors (Lipinski definition) is 2. The van der Waals surface area contributed by atoms with Crippen molar-refractivity contribution in [3.63, 3.8) is 0 Å². The van der Waals surface area contributed by atoms with Gasteiger partial charge >= 0.3 is 5.97 Å². The van der Waals surface area contributed by atoms with Crippen molar-refractivity contribution in [2.45, 2.75) is 13.3 Å². The van der Waals surface area contributed by atoms with Gasteiger partial charge in [-0.2, -0.15) is 0 Å². The lowest BCUT2D eigenvalue weighted by molar-refractivity contribution is -0.131. The van der Waals surface area contributed by atoms with Gasteiger partial charge in [-0.05, 0) is 78.7 Å². The lowest BCUT2D eigenvalue weighted by Gasteiger charge is -2.14. The van der Waals surface area contributed by atoms with Crippen LogP contribution in [0.3, 0.4) is 0 Å². The van der Waals surface area contributed by atoms with Crippen LogP contribution in [0.2, 0.25) is 0 Å². The maximum atomic E-state index is 13.2. The number of aromatic nitrogens is 1. The normalized spacial score (nSPS) is 10.6. The van der Waals surface area contributed by atoms with Crippen molar-refractivity contribution in [1.82, 2.24) is 4.57 Å². The third kappa shape index (κ3) is 5.67. The van der Waals surface area contributed by atoms with Gasteiger partial charge in [0.25, 0.3) is 5.56 Å². The van der Waals surface area contributed by atoms with Gasteiger partial charge in [-0.25, -0.2) is 4.39 Å². The molecule has 0 fully saturated rings. The summed E-state index contributed by atoms with van der Waals surface area (Å²) in [6, 6.07) is 22.3. The molecule has 0 aliphatic rings. The topological polar surface area (TPSA) is 103 Å². The maximum Gasteiger partial charge on any atom is 0.308 e. The van der Waals surface area contributed by atoms with Gasteiger partial charge in [0, 0.05) is 30.8 Å². The SMILES string of the molecule is CC(=O)Oc1ccc(NCCc2ccc(-n3c(N)c(C(=O)c4ccc(F)cc4)ccc3=O)cc2)cc1. The number of rotatable bonds is 8.